The Hall–Kier alpha value is -1.96. The van der Waals surface area contributed by atoms with Crippen molar-refractivity contribution in [2.75, 3.05) is 0 Å². The van der Waals surface area contributed by atoms with Gasteiger partial charge in [-0.25, -0.2) is 4.57 Å². The van der Waals surface area contributed by atoms with Gasteiger partial charge in [0.2, 0.25) is 0 Å². The summed E-state index contributed by atoms with van der Waals surface area (Å²) in [5.41, 5.74) is 5.71. The molecule has 0 radical (unpaired) electrons. The Bertz CT molecular complexity index is 400. The molecule has 1 aromatic heterocycles. The fourth-order valence-electron chi connectivity index (χ4n) is 1.11. The fraction of sp³-hybridized carbons (Fsp3) is 0.429. The lowest BCUT2D eigenvalue weighted by Gasteiger charge is -2.03. The van der Waals surface area contributed by atoms with Crippen LogP contribution in [0.25, 0.3) is 0 Å². The van der Waals surface area contributed by atoms with Gasteiger partial charge in [0.05, 0.1) is 7.05 Å². The summed E-state index contributed by atoms with van der Waals surface area (Å²) < 4.78 is 1.21. The maximum atomic E-state index is 10.5. The molecule has 8 nitrogen and oxygen atoms in total. The van der Waals surface area contributed by atoms with E-state index >= 15 is 0 Å². The molecular formula is C7H10N4O4. The van der Waals surface area contributed by atoms with Crippen LogP contribution in [0.4, 0.5) is 5.95 Å². The molecule has 0 saturated heterocycles. The third-order valence-electron chi connectivity index (χ3n) is 1.97. The zero-order chi connectivity index (χ0) is 11.6. The van der Waals surface area contributed by atoms with Crippen molar-refractivity contribution in [2.45, 2.75) is 12.5 Å². The van der Waals surface area contributed by atoms with Gasteiger partial charge in [-0.05, 0) is 4.92 Å². The van der Waals surface area contributed by atoms with Gasteiger partial charge >= 0.3 is 11.9 Å². The van der Waals surface area contributed by atoms with Crippen LogP contribution in [0.5, 0.6) is 0 Å². The number of carboxylic acid groups (broad SMARTS) is 1. The van der Waals surface area contributed by atoms with E-state index in [1.54, 1.807) is 0 Å². The lowest BCUT2D eigenvalue weighted by Crippen LogP contribution is -2.32. The van der Waals surface area contributed by atoms with E-state index in [1.165, 1.54) is 17.8 Å². The summed E-state index contributed by atoms with van der Waals surface area (Å²) in [5.74, 6) is -1.48. The molecule has 8 heteroatoms. The van der Waals surface area contributed by atoms with E-state index in [4.69, 9.17) is 10.8 Å². The van der Waals surface area contributed by atoms with Gasteiger partial charge in [-0.1, -0.05) is 4.98 Å². The summed E-state index contributed by atoms with van der Waals surface area (Å²) in [6.07, 6.45) is 1.26. The Balaban J connectivity index is 2.88. The first-order chi connectivity index (χ1) is 6.93. The van der Waals surface area contributed by atoms with Gasteiger partial charge in [0.25, 0.3) is 0 Å². The summed E-state index contributed by atoms with van der Waals surface area (Å²) in [4.78, 5) is 23.8. The van der Waals surface area contributed by atoms with Crippen LogP contribution in [0.15, 0.2) is 6.20 Å². The van der Waals surface area contributed by atoms with Gasteiger partial charge in [-0.2, -0.15) is 0 Å². The second-order valence-corrected chi connectivity index (χ2v) is 3.01. The normalized spacial score (nSPS) is 12.4. The lowest BCUT2D eigenvalue weighted by molar-refractivity contribution is -0.396. The summed E-state index contributed by atoms with van der Waals surface area (Å²) in [5, 5.41) is 19.0. The Morgan fingerprint density at radius 3 is 2.87 bits per heavy atom. The van der Waals surface area contributed by atoms with Gasteiger partial charge in [-0.15, -0.1) is 0 Å². The van der Waals surface area contributed by atoms with E-state index in [2.05, 4.69) is 4.98 Å². The minimum atomic E-state index is -1.15. The van der Waals surface area contributed by atoms with Gasteiger partial charge in [0.1, 0.15) is 17.9 Å². The van der Waals surface area contributed by atoms with Gasteiger partial charge in [-0.3, -0.25) is 4.79 Å². The summed E-state index contributed by atoms with van der Waals surface area (Å²) >= 11 is 0. The summed E-state index contributed by atoms with van der Waals surface area (Å²) in [6, 6.07) is -1.08. The van der Waals surface area contributed by atoms with Gasteiger partial charge in [0.15, 0.2) is 0 Å². The molecule has 82 valence electrons. The summed E-state index contributed by atoms with van der Waals surface area (Å²) in [7, 11) is 1.44. The molecular weight excluding hydrogens is 204 g/mol. The maximum absolute atomic E-state index is 10.5. The average Bonchev–Trinajstić information content (AvgIpc) is 2.48. The van der Waals surface area contributed by atoms with Crippen LogP contribution < -0.4 is 5.73 Å². The number of imidazole rings is 1. The Morgan fingerprint density at radius 1 is 1.87 bits per heavy atom. The van der Waals surface area contributed by atoms with Crippen molar-refractivity contribution in [3.05, 3.63) is 22.0 Å². The standard InChI is InChI=1S/C7H10N4O4/c1-10-4(2-5(8)6(12)13)3-9-7(10)11(14)15/h3,5H,2,8H2,1H3,(H,12,13). The SMILES string of the molecule is Cn1c(CC(N)C(=O)O)cnc1[N+](=O)[O-]. The number of rotatable bonds is 4. The largest absolute Gasteiger partial charge is 0.480 e. The number of hydrogen-bond acceptors (Lipinski definition) is 5. The molecule has 1 aromatic rings. The van der Waals surface area contributed by atoms with Crippen molar-refractivity contribution in [2.24, 2.45) is 12.8 Å². The van der Waals surface area contributed by atoms with Crippen LogP contribution in [0, 0.1) is 10.1 Å². The van der Waals surface area contributed by atoms with E-state index in [0.29, 0.717) is 5.69 Å². The zero-order valence-electron chi connectivity index (χ0n) is 7.95. The Morgan fingerprint density at radius 2 is 2.47 bits per heavy atom. The van der Waals surface area contributed by atoms with E-state index in [9.17, 15) is 14.9 Å². The number of carbonyl (C=O) groups is 1. The maximum Gasteiger partial charge on any atom is 0.434 e. The molecule has 15 heavy (non-hydrogen) atoms. The minimum Gasteiger partial charge on any atom is -0.480 e. The summed E-state index contributed by atoms with van der Waals surface area (Å²) in [6.45, 7) is 0. The highest BCUT2D eigenvalue weighted by molar-refractivity contribution is 5.73. The Kier molecular flexibility index (Phi) is 3.00. The fourth-order valence-corrected chi connectivity index (χ4v) is 1.11. The minimum absolute atomic E-state index is 0.00662. The van der Waals surface area contributed by atoms with Gasteiger partial charge in [0, 0.05) is 6.42 Å². The lowest BCUT2D eigenvalue weighted by atomic mass is 10.2. The second-order valence-electron chi connectivity index (χ2n) is 3.01. The monoisotopic (exact) mass is 214 g/mol. The quantitative estimate of drug-likeness (QED) is 0.503. The molecule has 0 aliphatic rings. The first kappa shape index (κ1) is 11.1. The highest BCUT2D eigenvalue weighted by atomic mass is 16.6. The van der Waals surface area contributed by atoms with Crippen LogP contribution in [-0.4, -0.2) is 31.6 Å². The third kappa shape index (κ3) is 2.29. The first-order valence-corrected chi connectivity index (χ1v) is 4.07. The molecule has 1 atom stereocenters. The van der Waals surface area contributed by atoms with E-state index in [1.807, 2.05) is 0 Å². The highest BCUT2D eigenvalue weighted by Crippen LogP contribution is 2.11. The van der Waals surface area contributed by atoms with E-state index < -0.39 is 16.9 Å². The number of nitrogens with two attached hydrogens (primary N) is 1. The molecule has 0 bridgehead atoms. The average molecular weight is 214 g/mol. The third-order valence-corrected chi connectivity index (χ3v) is 1.97. The number of nitrogens with zero attached hydrogens (tertiary/aromatic N) is 3. The molecule has 1 heterocycles. The van der Waals surface area contributed by atoms with Crippen molar-refractivity contribution in [3.63, 3.8) is 0 Å². The Labute approximate surface area is 84.5 Å². The van der Waals surface area contributed by atoms with Crippen molar-refractivity contribution < 1.29 is 14.8 Å². The highest BCUT2D eigenvalue weighted by Gasteiger charge is 2.21. The van der Waals surface area contributed by atoms with Crippen molar-refractivity contribution in [1.82, 2.24) is 9.55 Å². The van der Waals surface area contributed by atoms with E-state index in [0.717, 1.165) is 0 Å². The predicted molar refractivity (Wildman–Crippen MR) is 49.2 cm³/mol. The second kappa shape index (κ2) is 4.05. The van der Waals surface area contributed by atoms with Crippen LogP contribution >= 0.6 is 0 Å². The van der Waals surface area contributed by atoms with Crippen molar-refractivity contribution >= 4 is 11.9 Å². The predicted octanol–water partition coefficient (Wildman–Crippen LogP) is -0.717. The molecule has 0 spiro atoms. The van der Waals surface area contributed by atoms with E-state index in [-0.39, 0.29) is 12.4 Å². The van der Waals surface area contributed by atoms with Crippen LogP contribution in [0.1, 0.15) is 5.69 Å². The number of aliphatic carboxylic acids is 1. The topological polar surface area (TPSA) is 124 Å². The molecule has 1 unspecified atom stereocenters. The molecule has 3 N–H and O–H groups in total. The zero-order valence-corrected chi connectivity index (χ0v) is 7.95. The number of aromatic nitrogens is 2. The van der Waals surface area contributed by atoms with Crippen LogP contribution in [0.2, 0.25) is 0 Å². The molecule has 0 aliphatic heterocycles. The smallest absolute Gasteiger partial charge is 0.434 e. The molecule has 1 rings (SSSR count). The first-order valence-electron chi connectivity index (χ1n) is 4.07. The van der Waals surface area contributed by atoms with Crippen LogP contribution in [-0.2, 0) is 18.3 Å². The molecule has 0 fully saturated rings. The molecule has 0 saturated carbocycles. The van der Waals surface area contributed by atoms with Crippen molar-refractivity contribution in [3.8, 4) is 0 Å². The number of nitro groups is 1. The molecule has 0 aromatic carbocycles. The number of carboxylic acids is 1. The molecule has 0 aliphatic carbocycles. The van der Waals surface area contributed by atoms with Crippen LogP contribution in [0.3, 0.4) is 0 Å². The molecule has 0 amide bonds. The number of hydrogen-bond donors (Lipinski definition) is 2. The van der Waals surface area contributed by atoms with Gasteiger partial charge < -0.3 is 21.0 Å². The van der Waals surface area contributed by atoms with Crippen molar-refractivity contribution in [1.29, 1.82) is 0 Å².